The van der Waals surface area contributed by atoms with Crippen molar-refractivity contribution in [3.8, 4) is 0 Å². The van der Waals surface area contributed by atoms with Crippen molar-refractivity contribution in [1.82, 2.24) is 15.5 Å². The van der Waals surface area contributed by atoms with Gasteiger partial charge in [-0.3, -0.25) is 4.79 Å². The second-order valence-corrected chi connectivity index (χ2v) is 5.72. The van der Waals surface area contributed by atoms with Crippen LogP contribution in [0.15, 0.2) is 12.1 Å². The number of anilines is 1. The molecule has 3 rings (SSSR count). The molecule has 1 saturated carbocycles. The number of carbonyl (C=O) groups excluding carboxylic acids is 1. The minimum atomic E-state index is -0.103. The van der Waals surface area contributed by atoms with Crippen molar-refractivity contribution < 1.29 is 4.79 Å². The average Bonchev–Trinajstić information content (AvgIpc) is 3.23. The smallest absolute Gasteiger partial charge is 0.272 e. The number of carbonyl (C=O) groups is 1. The van der Waals surface area contributed by atoms with E-state index in [1.807, 2.05) is 6.07 Å². The third kappa shape index (κ3) is 3.03. The monoisotopic (exact) mass is 260 g/mol. The number of nitrogens with zero attached hydrogens (tertiary/aromatic N) is 3. The topological polar surface area (TPSA) is 58.1 Å². The van der Waals surface area contributed by atoms with Gasteiger partial charge in [0.2, 0.25) is 0 Å². The molecule has 1 aliphatic heterocycles. The van der Waals surface area contributed by atoms with Crippen LogP contribution in [0.5, 0.6) is 0 Å². The fourth-order valence-corrected chi connectivity index (χ4v) is 2.50. The van der Waals surface area contributed by atoms with E-state index in [9.17, 15) is 4.79 Å². The zero-order chi connectivity index (χ0) is 13.2. The lowest BCUT2D eigenvalue weighted by Crippen LogP contribution is -2.35. The normalized spacial score (nSPS) is 23.2. The Balaban J connectivity index is 1.65. The maximum atomic E-state index is 11.8. The fraction of sp³-hybridized carbons (Fsp3) is 0.643. The molecule has 5 nitrogen and oxygen atoms in total. The molecule has 19 heavy (non-hydrogen) atoms. The van der Waals surface area contributed by atoms with Gasteiger partial charge in [-0.15, -0.1) is 10.2 Å². The van der Waals surface area contributed by atoms with Crippen molar-refractivity contribution in [3.05, 3.63) is 17.8 Å². The highest BCUT2D eigenvalue weighted by Gasteiger charge is 2.24. The summed E-state index contributed by atoms with van der Waals surface area (Å²) in [4.78, 5) is 14.1. The Morgan fingerprint density at radius 1 is 1.32 bits per heavy atom. The van der Waals surface area contributed by atoms with E-state index in [1.165, 1.54) is 12.8 Å². The van der Waals surface area contributed by atoms with Gasteiger partial charge < -0.3 is 10.2 Å². The molecule has 0 spiro atoms. The lowest BCUT2D eigenvalue weighted by molar-refractivity contribution is 0.0945. The van der Waals surface area contributed by atoms with Gasteiger partial charge in [-0.2, -0.15) is 0 Å². The molecule has 0 radical (unpaired) electrons. The zero-order valence-corrected chi connectivity index (χ0v) is 11.3. The molecular formula is C14H20N4O. The van der Waals surface area contributed by atoms with Crippen LogP contribution in [-0.4, -0.2) is 35.2 Å². The molecule has 1 atom stereocenters. The molecule has 2 aliphatic rings. The molecule has 1 saturated heterocycles. The number of rotatable bonds is 3. The maximum absolute atomic E-state index is 11.8. The highest BCUT2D eigenvalue weighted by Crippen LogP contribution is 2.21. The summed E-state index contributed by atoms with van der Waals surface area (Å²) in [7, 11) is 0. The molecular weight excluding hydrogens is 240 g/mol. The summed E-state index contributed by atoms with van der Waals surface area (Å²) in [5.41, 5.74) is 0.417. The van der Waals surface area contributed by atoms with Crippen LogP contribution in [0.3, 0.4) is 0 Å². The zero-order valence-electron chi connectivity index (χ0n) is 11.3. The SMILES string of the molecule is CC1CCCN(c2ccc(C(=O)NC3CC3)nn2)C1. The molecule has 2 heterocycles. The molecule has 1 amide bonds. The molecule has 1 aliphatic carbocycles. The second-order valence-electron chi connectivity index (χ2n) is 5.72. The minimum absolute atomic E-state index is 0.103. The van der Waals surface area contributed by atoms with E-state index in [4.69, 9.17) is 0 Å². The summed E-state index contributed by atoms with van der Waals surface area (Å²) < 4.78 is 0. The standard InChI is InChI=1S/C14H20N4O/c1-10-3-2-8-18(9-10)13-7-6-12(16-17-13)14(19)15-11-4-5-11/h6-7,10-11H,2-5,8-9H2,1H3,(H,15,19). The van der Waals surface area contributed by atoms with E-state index in [0.717, 1.165) is 31.7 Å². The maximum Gasteiger partial charge on any atom is 0.272 e. The van der Waals surface area contributed by atoms with Crippen LogP contribution in [0.25, 0.3) is 0 Å². The van der Waals surface area contributed by atoms with Gasteiger partial charge in [-0.1, -0.05) is 6.92 Å². The first-order valence-electron chi connectivity index (χ1n) is 7.12. The highest BCUT2D eigenvalue weighted by molar-refractivity contribution is 5.92. The largest absolute Gasteiger partial charge is 0.355 e. The van der Waals surface area contributed by atoms with Crippen molar-refractivity contribution in [2.45, 2.75) is 38.6 Å². The Hall–Kier alpha value is -1.65. The molecule has 1 N–H and O–H groups in total. The Labute approximate surface area is 113 Å². The number of hydrogen-bond donors (Lipinski definition) is 1. The van der Waals surface area contributed by atoms with Crippen LogP contribution >= 0.6 is 0 Å². The summed E-state index contributed by atoms with van der Waals surface area (Å²) in [6, 6.07) is 4.04. The van der Waals surface area contributed by atoms with Crippen LogP contribution in [0.4, 0.5) is 5.82 Å². The van der Waals surface area contributed by atoms with Crippen LogP contribution < -0.4 is 10.2 Å². The first kappa shape index (κ1) is 12.4. The van der Waals surface area contributed by atoms with Crippen molar-refractivity contribution in [3.63, 3.8) is 0 Å². The third-order valence-electron chi connectivity index (χ3n) is 3.78. The summed E-state index contributed by atoms with van der Waals surface area (Å²) in [6.45, 7) is 4.33. The molecule has 0 aromatic carbocycles. The first-order chi connectivity index (χ1) is 9.22. The Bertz CT molecular complexity index is 455. The third-order valence-corrected chi connectivity index (χ3v) is 3.78. The molecule has 5 heteroatoms. The Kier molecular flexibility index (Phi) is 3.36. The lowest BCUT2D eigenvalue weighted by atomic mass is 10.0. The average molecular weight is 260 g/mol. The van der Waals surface area contributed by atoms with E-state index >= 15 is 0 Å². The molecule has 2 fully saturated rings. The van der Waals surface area contributed by atoms with E-state index in [-0.39, 0.29) is 5.91 Å². The van der Waals surface area contributed by atoms with Gasteiger partial charge in [0.25, 0.3) is 5.91 Å². The van der Waals surface area contributed by atoms with Crippen LogP contribution in [0, 0.1) is 5.92 Å². The molecule has 1 unspecified atom stereocenters. The van der Waals surface area contributed by atoms with Crippen LogP contribution in [0.1, 0.15) is 43.1 Å². The van der Waals surface area contributed by atoms with Gasteiger partial charge in [-0.05, 0) is 43.7 Å². The number of hydrogen-bond acceptors (Lipinski definition) is 4. The number of nitrogens with one attached hydrogen (secondary N) is 1. The molecule has 0 bridgehead atoms. The Morgan fingerprint density at radius 2 is 2.16 bits per heavy atom. The minimum Gasteiger partial charge on any atom is -0.355 e. The molecule has 1 aromatic heterocycles. The second kappa shape index (κ2) is 5.15. The number of piperidine rings is 1. The van der Waals surface area contributed by atoms with E-state index in [0.29, 0.717) is 17.7 Å². The van der Waals surface area contributed by atoms with Crippen LogP contribution in [-0.2, 0) is 0 Å². The first-order valence-corrected chi connectivity index (χ1v) is 7.12. The van der Waals surface area contributed by atoms with Gasteiger partial charge in [0, 0.05) is 19.1 Å². The predicted molar refractivity (Wildman–Crippen MR) is 73.1 cm³/mol. The fourth-order valence-electron chi connectivity index (χ4n) is 2.50. The van der Waals surface area contributed by atoms with E-state index in [2.05, 4.69) is 27.3 Å². The van der Waals surface area contributed by atoms with E-state index in [1.54, 1.807) is 6.07 Å². The van der Waals surface area contributed by atoms with Crippen molar-refractivity contribution in [2.75, 3.05) is 18.0 Å². The van der Waals surface area contributed by atoms with Gasteiger partial charge in [0.15, 0.2) is 11.5 Å². The quantitative estimate of drug-likeness (QED) is 0.897. The van der Waals surface area contributed by atoms with Crippen LogP contribution in [0.2, 0.25) is 0 Å². The van der Waals surface area contributed by atoms with Crippen molar-refractivity contribution in [2.24, 2.45) is 5.92 Å². The number of amides is 1. The summed E-state index contributed by atoms with van der Waals surface area (Å²) in [5, 5.41) is 11.2. The van der Waals surface area contributed by atoms with E-state index < -0.39 is 0 Å². The number of aromatic nitrogens is 2. The molecule has 102 valence electrons. The van der Waals surface area contributed by atoms with Crippen molar-refractivity contribution >= 4 is 11.7 Å². The summed E-state index contributed by atoms with van der Waals surface area (Å²) in [6.07, 6.45) is 4.66. The van der Waals surface area contributed by atoms with Crippen molar-refractivity contribution in [1.29, 1.82) is 0 Å². The summed E-state index contributed by atoms with van der Waals surface area (Å²) in [5.74, 6) is 1.48. The van der Waals surface area contributed by atoms with Gasteiger partial charge in [-0.25, -0.2) is 0 Å². The van der Waals surface area contributed by atoms with Gasteiger partial charge in [0.1, 0.15) is 0 Å². The van der Waals surface area contributed by atoms with Gasteiger partial charge in [0.05, 0.1) is 0 Å². The lowest BCUT2D eigenvalue weighted by Gasteiger charge is -2.31. The predicted octanol–water partition coefficient (Wildman–Crippen LogP) is 1.61. The highest BCUT2D eigenvalue weighted by atomic mass is 16.2. The molecule has 1 aromatic rings. The van der Waals surface area contributed by atoms with Gasteiger partial charge >= 0.3 is 0 Å². The Morgan fingerprint density at radius 3 is 2.79 bits per heavy atom. The summed E-state index contributed by atoms with van der Waals surface area (Å²) >= 11 is 0.